The summed E-state index contributed by atoms with van der Waals surface area (Å²) < 4.78 is 57.5. The molecule has 0 N–H and O–H groups in total. The lowest BCUT2D eigenvalue weighted by Crippen LogP contribution is -2.42. The number of hydrogen-bond acceptors (Lipinski definition) is 12. The predicted octanol–water partition coefficient (Wildman–Crippen LogP) is 3.07. The molecule has 1 aliphatic rings. The minimum Gasteiger partial charge on any atom is -0.493 e. The molecule has 1 unspecified atom stereocenters. The first-order valence-electron chi connectivity index (χ1n) is 15.1. The van der Waals surface area contributed by atoms with Crippen LogP contribution < -0.4 is 23.9 Å². The molecule has 1 atom stereocenters. The largest absolute Gasteiger partial charge is 0.493 e. The van der Waals surface area contributed by atoms with E-state index in [-0.39, 0.29) is 48.4 Å². The fourth-order valence-corrected chi connectivity index (χ4v) is 6.48. The number of ether oxygens (including phenoxy) is 5. The maximum atomic E-state index is 13.4. The summed E-state index contributed by atoms with van der Waals surface area (Å²) >= 11 is 0. The van der Waals surface area contributed by atoms with Crippen LogP contribution in [0, 0.1) is 17.0 Å². The molecular weight excluding hydrogens is 658 g/mol. The van der Waals surface area contributed by atoms with Gasteiger partial charge in [0.15, 0.2) is 24.7 Å². The topological polar surface area (TPSA) is 171 Å². The summed E-state index contributed by atoms with van der Waals surface area (Å²) in [5, 5.41) is 14.5. The number of carbonyl (C=O) groups is 2. The first kappa shape index (κ1) is 34.6. The number of amides is 1. The molecule has 0 bridgehead atoms. The Kier molecular flexibility index (Phi) is 11.2. The highest BCUT2D eigenvalue weighted by atomic mass is 32.2. The lowest BCUT2D eigenvalue weighted by molar-refractivity contribution is -0.832. The van der Waals surface area contributed by atoms with Crippen LogP contribution >= 0.6 is 0 Å². The highest BCUT2D eigenvalue weighted by Crippen LogP contribution is 2.38. The Hall–Kier alpha value is -5.75. The lowest BCUT2D eigenvalue weighted by Gasteiger charge is -2.37. The van der Waals surface area contributed by atoms with E-state index in [4.69, 9.17) is 23.7 Å². The number of methoxy groups -OCH3 is 2. The number of para-hydroxylation sites is 1. The van der Waals surface area contributed by atoms with Crippen LogP contribution in [-0.2, 0) is 30.6 Å². The van der Waals surface area contributed by atoms with Crippen LogP contribution in [0.2, 0.25) is 0 Å². The van der Waals surface area contributed by atoms with E-state index in [0.29, 0.717) is 30.2 Å². The van der Waals surface area contributed by atoms with E-state index >= 15 is 0 Å². The molecule has 1 aromatic heterocycles. The van der Waals surface area contributed by atoms with Crippen molar-refractivity contribution in [1.82, 2.24) is 10.1 Å². The van der Waals surface area contributed by atoms with Gasteiger partial charge >= 0.3 is 16.9 Å². The molecule has 0 aliphatic carbocycles. The van der Waals surface area contributed by atoms with Crippen LogP contribution in [0.4, 0.5) is 0 Å². The summed E-state index contributed by atoms with van der Waals surface area (Å²) in [6, 6.07) is 19.8. The van der Waals surface area contributed by atoms with E-state index in [1.165, 1.54) is 24.3 Å². The molecule has 1 aliphatic heterocycles. The molecule has 15 heteroatoms. The van der Waals surface area contributed by atoms with E-state index in [2.05, 4.69) is 21.6 Å². The third-order valence-corrected chi connectivity index (χ3v) is 9.31. The number of benzene rings is 3. The molecule has 0 spiro atoms. The van der Waals surface area contributed by atoms with Crippen LogP contribution in [-0.4, -0.2) is 70.9 Å². The SMILES string of the molecule is COc1cc2c(cc1OC)C(COc1ccccc1)N(C(=O)CCC(=O)OCC#CCOc1no[n+]([O-])c1S(=O)(=O)c1ccccc1)CC2. The molecule has 2 heterocycles. The zero-order valence-electron chi connectivity index (χ0n) is 26.7. The molecule has 0 saturated heterocycles. The van der Waals surface area contributed by atoms with Gasteiger partial charge in [-0.2, -0.15) is 0 Å². The van der Waals surface area contributed by atoms with Crippen molar-refractivity contribution in [2.24, 2.45) is 0 Å². The van der Waals surface area contributed by atoms with Gasteiger partial charge in [0.05, 0.1) is 36.7 Å². The maximum Gasteiger partial charge on any atom is 0.415 e. The van der Waals surface area contributed by atoms with Crippen molar-refractivity contribution < 1.29 is 51.2 Å². The standard InChI is InChI=1S/C34H33N3O11S/c1-43-29-21-24-17-18-36(28(27(24)22-30(29)44-2)23-47-25-11-5-3-6-12-25)31(38)15-16-32(39)45-19-9-10-20-46-33-34(37(40)48-35-33)49(41,42)26-13-7-4-8-14-26/h3-8,11-14,21-22,28H,15-20,23H2,1-2H3. The Morgan fingerprint density at radius 2 is 1.63 bits per heavy atom. The van der Waals surface area contributed by atoms with E-state index in [1.807, 2.05) is 42.5 Å². The van der Waals surface area contributed by atoms with Gasteiger partial charge in [-0.1, -0.05) is 48.2 Å². The number of carbonyl (C=O) groups excluding carboxylic acids is 2. The first-order chi connectivity index (χ1) is 23.7. The second-order valence-corrected chi connectivity index (χ2v) is 12.4. The molecular formula is C34H33N3O11S. The van der Waals surface area contributed by atoms with Crippen molar-refractivity contribution in [3.63, 3.8) is 0 Å². The molecule has 3 aromatic carbocycles. The van der Waals surface area contributed by atoms with Crippen LogP contribution in [0.1, 0.15) is 30.0 Å². The normalized spacial score (nSPS) is 13.8. The molecule has 0 radical (unpaired) electrons. The van der Waals surface area contributed by atoms with Gasteiger partial charge in [-0.3, -0.25) is 14.2 Å². The Morgan fingerprint density at radius 1 is 0.959 bits per heavy atom. The summed E-state index contributed by atoms with van der Waals surface area (Å²) in [5.41, 5.74) is 1.88. The second kappa shape index (κ2) is 15.9. The molecule has 1 amide bonds. The molecule has 0 fully saturated rings. The van der Waals surface area contributed by atoms with Crippen molar-refractivity contribution in [2.75, 3.05) is 40.6 Å². The van der Waals surface area contributed by atoms with Crippen molar-refractivity contribution in [1.29, 1.82) is 0 Å². The van der Waals surface area contributed by atoms with E-state index in [9.17, 15) is 23.2 Å². The molecule has 5 rings (SSSR count). The predicted molar refractivity (Wildman–Crippen MR) is 170 cm³/mol. The minimum atomic E-state index is -4.27. The van der Waals surface area contributed by atoms with E-state index < -0.39 is 32.8 Å². The van der Waals surface area contributed by atoms with E-state index in [1.54, 1.807) is 25.2 Å². The summed E-state index contributed by atoms with van der Waals surface area (Å²) in [4.78, 5) is 27.2. The van der Waals surface area contributed by atoms with Gasteiger partial charge in [0.2, 0.25) is 5.91 Å². The van der Waals surface area contributed by atoms with Gasteiger partial charge in [-0.15, -0.1) is 0 Å². The van der Waals surface area contributed by atoms with Crippen LogP contribution in [0.5, 0.6) is 23.1 Å². The third-order valence-electron chi connectivity index (χ3n) is 7.58. The smallest absolute Gasteiger partial charge is 0.415 e. The average molecular weight is 692 g/mol. The van der Waals surface area contributed by atoms with E-state index in [0.717, 1.165) is 11.1 Å². The molecule has 256 valence electrons. The summed E-state index contributed by atoms with van der Waals surface area (Å²) in [6.45, 7) is -0.0857. The van der Waals surface area contributed by atoms with Gasteiger partial charge in [-0.25, -0.2) is 8.42 Å². The Labute approximate surface area is 282 Å². The Morgan fingerprint density at radius 3 is 2.35 bits per heavy atom. The second-order valence-electron chi connectivity index (χ2n) is 10.5. The molecule has 14 nitrogen and oxygen atoms in total. The molecule has 0 saturated carbocycles. The fourth-order valence-electron chi connectivity index (χ4n) is 5.19. The minimum absolute atomic E-state index is 0.0974. The lowest BCUT2D eigenvalue weighted by atomic mass is 9.91. The van der Waals surface area contributed by atoms with Gasteiger partial charge in [0.25, 0.3) is 9.84 Å². The van der Waals surface area contributed by atoms with Gasteiger partial charge in [0.1, 0.15) is 12.4 Å². The highest BCUT2D eigenvalue weighted by Gasteiger charge is 2.36. The Balaban J connectivity index is 1.15. The zero-order chi connectivity index (χ0) is 34.8. The number of esters is 1. The number of fused-ring (bicyclic) bond motifs is 1. The number of aromatic nitrogens is 2. The number of hydrogen-bond donors (Lipinski definition) is 0. The van der Waals surface area contributed by atoms with Crippen LogP contribution in [0.3, 0.4) is 0 Å². The van der Waals surface area contributed by atoms with Crippen molar-refractivity contribution >= 4 is 21.7 Å². The van der Waals surface area contributed by atoms with Gasteiger partial charge in [0, 0.05) is 13.0 Å². The van der Waals surface area contributed by atoms with Crippen molar-refractivity contribution in [3.8, 4) is 35.0 Å². The number of rotatable bonds is 13. The Bertz CT molecular complexity index is 1940. The number of sulfone groups is 1. The van der Waals surface area contributed by atoms with Crippen LogP contribution in [0.25, 0.3) is 0 Å². The molecule has 49 heavy (non-hydrogen) atoms. The van der Waals surface area contributed by atoms with Crippen LogP contribution in [0.15, 0.2) is 87.3 Å². The first-order valence-corrected chi connectivity index (χ1v) is 16.6. The maximum absolute atomic E-state index is 13.4. The van der Waals surface area contributed by atoms with Crippen molar-refractivity contribution in [2.45, 2.75) is 35.2 Å². The quantitative estimate of drug-likeness (QED) is 0.114. The molecule has 4 aromatic rings. The van der Waals surface area contributed by atoms with Gasteiger partial charge < -0.3 is 33.8 Å². The third kappa shape index (κ3) is 8.22. The van der Waals surface area contributed by atoms with Crippen molar-refractivity contribution in [3.05, 3.63) is 89.1 Å². The summed E-state index contributed by atoms with van der Waals surface area (Å²) in [7, 11) is -1.16. The summed E-state index contributed by atoms with van der Waals surface area (Å²) in [5.74, 6) is 5.45. The zero-order valence-corrected chi connectivity index (χ0v) is 27.5. The highest BCUT2D eigenvalue weighted by molar-refractivity contribution is 7.91. The average Bonchev–Trinajstić information content (AvgIpc) is 3.51. The number of nitrogens with zero attached hydrogens (tertiary/aromatic N) is 3. The summed E-state index contributed by atoms with van der Waals surface area (Å²) in [6.07, 6.45) is 0.301. The monoisotopic (exact) mass is 691 g/mol. The fraction of sp³-hybridized carbons (Fsp3) is 0.294. The van der Waals surface area contributed by atoms with Gasteiger partial charge in [-0.05, 0) is 58.8 Å².